The van der Waals surface area contributed by atoms with E-state index in [1.54, 1.807) is 11.3 Å². The highest BCUT2D eigenvalue weighted by Crippen LogP contribution is 2.22. The van der Waals surface area contributed by atoms with Gasteiger partial charge in [-0.25, -0.2) is 0 Å². The molecular weight excluding hydrogens is 302 g/mol. The number of hydrogen-bond acceptors (Lipinski definition) is 4. The number of ether oxygens (including phenoxy) is 1. The van der Waals surface area contributed by atoms with Gasteiger partial charge in [0, 0.05) is 15.9 Å². The summed E-state index contributed by atoms with van der Waals surface area (Å²) in [5, 5.41) is 5.28. The van der Waals surface area contributed by atoms with Crippen LogP contribution in [0.15, 0.2) is 15.9 Å². The number of carbonyl (C=O) groups excluding carboxylic acids is 1. The van der Waals surface area contributed by atoms with E-state index in [0.29, 0.717) is 12.5 Å². The third-order valence-electron chi connectivity index (χ3n) is 2.39. The minimum Gasteiger partial charge on any atom is -0.468 e. The van der Waals surface area contributed by atoms with Crippen molar-refractivity contribution in [2.24, 2.45) is 5.92 Å². The summed E-state index contributed by atoms with van der Waals surface area (Å²) in [6.07, 6.45) is 0.787. The van der Waals surface area contributed by atoms with Crippen molar-refractivity contribution in [2.75, 3.05) is 7.11 Å². The smallest absolute Gasteiger partial charge is 0.322 e. The summed E-state index contributed by atoms with van der Waals surface area (Å²) in [6.45, 7) is 4.88. The Morgan fingerprint density at radius 3 is 2.76 bits per heavy atom. The fourth-order valence-corrected chi connectivity index (χ4v) is 2.99. The largest absolute Gasteiger partial charge is 0.468 e. The molecule has 1 N–H and O–H groups in total. The Bertz CT molecular complexity index is 365. The first-order chi connectivity index (χ1) is 8.04. The van der Waals surface area contributed by atoms with Crippen LogP contribution in [0.4, 0.5) is 0 Å². The third kappa shape index (κ3) is 4.77. The number of carbonyl (C=O) groups is 1. The fourth-order valence-electron chi connectivity index (χ4n) is 1.54. The Labute approximate surface area is 115 Å². The number of esters is 1. The molecule has 1 heterocycles. The van der Waals surface area contributed by atoms with Crippen LogP contribution < -0.4 is 5.32 Å². The van der Waals surface area contributed by atoms with E-state index in [4.69, 9.17) is 4.74 Å². The Morgan fingerprint density at radius 1 is 1.59 bits per heavy atom. The van der Waals surface area contributed by atoms with Crippen LogP contribution in [-0.2, 0) is 16.1 Å². The summed E-state index contributed by atoms with van der Waals surface area (Å²) >= 11 is 5.14. The maximum absolute atomic E-state index is 11.6. The molecule has 0 bridgehead atoms. The monoisotopic (exact) mass is 319 g/mol. The Balaban J connectivity index is 2.55. The van der Waals surface area contributed by atoms with Gasteiger partial charge < -0.3 is 4.74 Å². The van der Waals surface area contributed by atoms with Crippen molar-refractivity contribution in [2.45, 2.75) is 32.9 Å². The first kappa shape index (κ1) is 14.7. The predicted octanol–water partition coefficient (Wildman–Crippen LogP) is 3.19. The van der Waals surface area contributed by atoms with E-state index in [0.717, 1.165) is 10.9 Å². The van der Waals surface area contributed by atoms with Crippen molar-refractivity contribution >= 4 is 33.2 Å². The molecule has 17 heavy (non-hydrogen) atoms. The Kier molecular flexibility index (Phi) is 6.16. The van der Waals surface area contributed by atoms with Crippen molar-refractivity contribution < 1.29 is 9.53 Å². The molecule has 0 amide bonds. The molecule has 0 aliphatic carbocycles. The van der Waals surface area contributed by atoms with Crippen LogP contribution in [0.3, 0.4) is 0 Å². The van der Waals surface area contributed by atoms with Crippen LogP contribution in [0.5, 0.6) is 0 Å². The maximum atomic E-state index is 11.6. The molecule has 1 unspecified atom stereocenters. The lowest BCUT2D eigenvalue weighted by Crippen LogP contribution is -2.38. The number of halogens is 1. The van der Waals surface area contributed by atoms with E-state index in [-0.39, 0.29) is 12.0 Å². The van der Waals surface area contributed by atoms with Gasteiger partial charge >= 0.3 is 5.97 Å². The van der Waals surface area contributed by atoms with Crippen molar-refractivity contribution in [3.05, 3.63) is 20.8 Å². The molecule has 1 aromatic rings. The van der Waals surface area contributed by atoms with Gasteiger partial charge in [0.2, 0.25) is 0 Å². The molecule has 1 aromatic heterocycles. The second-order valence-electron chi connectivity index (χ2n) is 4.28. The van der Waals surface area contributed by atoms with Gasteiger partial charge in [-0.2, -0.15) is 0 Å². The topological polar surface area (TPSA) is 38.3 Å². The molecular formula is C12H18BrNO2S. The quantitative estimate of drug-likeness (QED) is 0.818. The Morgan fingerprint density at radius 2 is 2.29 bits per heavy atom. The van der Waals surface area contributed by atoms with E-state index in [9.17, 15) is 4.79 Å². The molecule has 96 valence electrons. The molecule has 0 spiro atoms. The molecule has 1 atom stereocenters. The van der Waals surface area contributed by atoms with Crippen molar-refractivity contribution in [3.63, 3.8) is 0 Å². The van der Waals surface area contributed by atoms with Crippen LogP contribution in [-0.4, -0.2) is 19.1 Å². The summed E-state index contributed by atoms with van der Waals surface area (Å²) in [5.74, 6) is 0.268. The number of nitrogens with one attached hydrogen (secondary N) is 1. The molecule has 0 saturated carbocycles. The standard InChI is InChI=1S/C12H18BrNO2S/c1-8(2)6-10(12(15)16-3)14-7-11-9(13)4-5-17-11/h4-5,8,10,14H,6-7H2,1-3H3. The van der Waals surface area contributed by atoms with Gasteiger partial charge in [-0.05, 0) is 39.7 Å². The lowest BCUT2D eigenvalue weighted by Gasteiger charge is -2.18. The predicted molar refractivity (Wildman–Crippen MR) is 74.1 cm³/mol. The van der Waals surface area contributed by atoms with Gasteiger partial charge in [-0.3, -0.25) is 10.1 Å². The minimum absolute atomic E-state index is 0.189. The minimum atomic E-state index is -0.228. The highest BCUT2D eigenvalue weighted by Gasteiger charge is 2.20. The highest BCUT2D eigenvalue weighted by molar-refractivity contribution is 9.10. The number of methoxy groups -OCH3 is 1. The van der Waals surface area contributed by atoms with Crippen LogP contribution >= 0.6 is 27.3 Å². The fraction of sp³-hybridized carbons (Fsp3) is 0.583. The second kappa shape index (κ2) is 7.13. The number of rotatable bonds is 6. The third-order valence-corrected chi connectivity index (χ3v) is 4.32. The van der Waals surface area contributed by atoms with Crippen LogP contribution in [0.25, 0.3) is 0 Å². The maximum Gasteiger partial charge on any atom is 0.322 e. The van der Waals surface area contributed by atoms with E-state index in [1.165, 1.54) is 12.0 Å². The van der Waals surface area contributed by atoms with Crippen molar-refractivity contribution in [3.8, 4) is 0 Å². The average Bonchev–Trinajstić information content (AvgIpc) is 2.68. The van der Waals surface area contributed by atoms with E-state index < -0.39 is 0 Å². The van der Waals surface area contributed by atoms with Gasteiger partial charge in [-0.1, -0.05) is 13.8 Å². The molecule has 0 radical (unpaired) electrons. The number of hydrogen-bond donors (Lipinski definition) is 1. The lowest BCUT2D eigenvalue weighted by molar-refractivity contribution is -0.143. The molecule has 0 aliphatic rings. The summed E-state index contributed by atoms with van der Waals surface area (Å²) in [7, 11) is 1.43. The van der Waals surface area contributed by atoms with E-state index in [2.05, 4.69) is 35.1 Å². The van der Waals surface area contributed by atoms with Crippen LogP contribution in [0, 0.1) is 5.92 Å². The zero-order valence-corrected chi connectivity index (χ0v) is 12.7. The first-order valence-corrected chi connectivity index (χ1v) is 7.25. The average molecular weight is 320 g/mol. The summed E-state index contributed by atoms with van der Waals surface area (Å²) in [4.78, 5) is 12.8. The van der Waals surface area contributed by atoms with E-state index in [1.807, 2.05) is 11.4 Å². The van der Waals surface area contributed by atoms with Crippen LogP contribution in [0.1, 0.15) is 25.1 Å². The zero-order valence-electron chi connectivity index (χ0n) is 10.3. The molecule has 0 aromatic carbocycles. The molecule has 1 rings (SSSR count). The summed E-state index contributed by atoms with van der Waals surface area (Å²) in [5.41, 5.74) is 0. The Hall–Kier alpha value is -0.390. The highest BCUT2D eigenvalue weighted by atomic mass is 79.9. The van der Waals surface area contributed by atoms with Gasteiger partial charge in [0.25, 0.3) is 0 Å². The van der Waals surface area contributed by atoms with Gasteiger partial charge in [-0.15, -0.1) is 11.3 Å². The SMILES string of the molecule is COC(=O)C(CC(C)C)NCc1sccc1Br. The molecule has 3 nitrogen and oxygen atoms in total. The van der Waals surface area contributed by atoms with Crippen LogP contribution in [0.2, 0.25) is 0 Å². The normalized spacial score (nSPS) is 12.8. The molecule has 0 aliphatic heterocycles. The first-order valence-electron chi connectivity index (χ1n) is 5.57. The van der Waals surface area contributed by atoms with Gasteiger partial charge in [0.15, 0.2) is 0 Å². The molecule has 0 fully saturated rings. The summed E-state index contributed by atoms with van der Waals surface area (Å²) in [6, 6.07) is 1.78. The number of thiophene rings is 1. The van der Waals surface area contributed by atoms with Crippen molar-refractivity contribution in [1.29, 1.82) is 0 Å². The lowest BCUT2D eigenvalue weighted by atomic mass is 10.0. The molecule has 0 saturated heterocycles. The van der Waals surface area contributed by atoms with Crippen molar-refractivity contribution in [1.82, 2.24) is 5.32 Å². The summed E-state index contributed by atoms with van der Waals surface area (Å²) < 4.78 is 5.89. The van der Waals surface area contributed by atoms with E-state index >= 15 is 0 Å². The van der Waals surface area contributed by atoms with Gasteiger partial charge in [0.05, 0.1) is 7.11 Å². The molecule has 5 heteroatoms. The van der Waals surface area contributed by atoms with Gasteiger partial charge in [0.1, 0.15) is 6.04 Å². The second-order valence-corrected chi connectivity index (χ2v) is 6.13. The zero-order chi connectivity index (χ0) is 12.8.